The van der Waals surface area contributed by atoms with Crippen LogP contribution in [0.5, 0.6) is 11.5 Å². The number of benzene rings is 3. The first kappa shape index (κ1) is 21.3. The van der Waals surface area contributed by atoms with Gasteiger partial charge in [0.05, 0.1) is 22.5 Å². The van der Waals surface area contributed by atoms with Crippen molar-refractivity contribution in [1.82, 2.24) is 9.97 Å². The van der Waals surface area contributed by atoms with Crippen LogP contribution in [0.4, 0.5) is 5.13 Å². The summed E-state index contributed by atoms with van der Waals surface area (Å²) in [6.07, 6.45) is 1.72. The van der Waals surface area contributed by atoms with Gasteiger partial charge in [-0.15, -0.1) is 0 Å². The van der Waals surface area contributed by atoms with Gasteiger partial charge in [0.15, 0.2) is 5.13 Å². The van der Waals surface area contributed by atoms with Gasteiger partial charge in [0.1, 0.15) is 11.5 Å². The van der Waals surface area contributed by atoms with Gasteiger partial charge in [0.2, 0.25) is 0 Å². The zero-order valence-electron chi connectivity index (χ0n) is 17.4. The number of carbonyl (C=O) groups is 1. The number of hydrogen-bond donors (Lipinski definition) is 0. The van der Waals surface area contributed by atoms with E-state index in [1.165, 1.54) is 11.3 Å². The highest BCUT2D eigenvalue weighted by molar-refractivity contribution is 9.10. The molecule has 5 nitrogen and oxygen atoms in total. The van der Waals surface area contributed by atoms with Crippen LogP contribution in [0.2, 0.25) is 0 Å². The lowest BCUT2D eigenvalue weighted by molar-refractivity contribution is 0.0984. The van der Waals surface area contributed by atoms with Crippen molar-refractivity contribution in [2.24, 2.45) is 0 Å². The molecule has 5 aromatic rings. The lowest BCUT2D eigenvalue weighted by Gasteiger charge is -2.20. The summed E-state index contributed by atoms with van der Waals surface area (Å²) in [4.78, 5) is 24.5. The van der Waals surface area contributed by atoms with Crippen LogP contribution < -0.4 is 9.64 Å². The summed E-state index contributed by atoms with van der Waals surface area (Å²) in [6, 6.07) is 28.3. The Bertz CT molecular complexity index is 1410. The number of hydrogen-bond acceptors (Lipinski definition) is 5. The number of nitrogens with zero attached hydrogens (tertiary/aromatic N) is 3. The molecule has 162 valence electrons. The first-order valence-corrected chi connectivity index (χ1v) is 11.9. The number of fused-ring (bicyclic) bond motifs is 1. The molecular formula is C26H18BrN3O2S. The van der Waals surface area contributed by atoms with E-state index in [4.69, 9.17) is 9.72 Å². The summed E-state index contributed by atoms with van der Waals surface area (Å²) in [5.74, 6) is 1.14. The number of pyridine rings is 1. The molecule has 0 atom stereocenters. The van der Waals surface area contributed by atoms with Gasteiger partial charge in [-0.05, 0) is 60.7 Å². The van der Waals surface area contributed by atoms with Crippen LogP contribution in [-0.4, -0.2) is 15.9 Å². The van der Waals surface area contributed by atoms with Gasteiger partial charge in [0.25, 0.3) is 5.91 Å². The van der Waals surface area contributed by atoms with E-state index >= 15 is 0 Å². The first-order chi connectivity index (χ1) is 16.2. The Kier molecular flexibility index (Phi) is 6.15. The molecule has 0 aliphatic heterocycles. The molecule has 1 amide bonds. The third-order valence-electron chi connectivity index (χ3n) is 4.92. The topological polar surface area (TPSA) is 55.3 Å². The van der Waals surface area contributed by atoms with Crippen LogP contribution in [0.3, 0.4) is 0 Å². The Morgan fingerprint density at radius 3 is 2.55 bits per heavy atom. The SMILES string of the molecule is O=C(c1cccc(Oc2ccccc2)c1)N(Cc1ccccn1)c1nc2ccc(Br)cc2s1. The second-order valence-electron chi connectivity index (χ2n) is 7.26. The zero-order valence-corrected chi connectivity index (χ0v) is 19.8. The third-order valence-corrected chi connectivity index (χ3v) is 6.46. The normalized spacial score (nSPS) is 10.8. The highest BCUT2D eigenvalue weighted by Gasteiger charge is 2.23. The van der Waals surface area contributed by atoms with E-state index in [9.17, 15) is 4.79 Å². The van der Waals surface area contributed by atoms with Crippen molar-refractivity contribution in [3.63, 3.8) is 0 Å². The van der Waals surface area contributed by atoms with E-state index in [0.29, 0.717) is 28.7 Å². The molecule has 0 saturated carbocycles. The summed E-state index contributed by atoms with van der Waals surface area (Å²) in [5, 5.41) is 0.619. The molecule has 0 aliphatic carbocycles. The fourth-order valence-corrected chi connectivity index (χ4v) is 4.87. The zero-order chi connectivity index (χ0) is 22.6. The van der Waals surface area contributed by atoms with Gasteiger partial charge in [-0.3, -0.25) is 14.7 Å². The third kappa shape index (κ3) is 4.94. The Hall–Kier alpha value is -3.55. The average Bonchev–Trinajstić information content (AvgIpc) is 3.26. The van der Waals surface area contributed by atoms with Gasteiger partial charge in [-0.1, -0.05) is 57.6 Å². The van der Waals surface area contributed by atoms with Crippen molar-refractivity contribution in [2.75, 3.05) is 4.90 Å². The van der Waals surface area contributed by atoms with Gasteiger partial charge in [-0.2, -0.15) is 0 Å². The van der Waals surface area contributed by atoms with Crippen LogP contribution in [-0.2, 0) is 6.54 Å². The van der Waals surface area contributed by atoms with Crippen molar-refractivity contribution in [2.45, 2.75) is 6.54 Å². The highest BCUT2D eigenvalue weighted by atomic mass is 79.9. The van der Waals surface area contributed by atoms with E-state index < -0.39 is 0 Å². The number of para-hydroxylation sites is 1. The average molecular weight is 516 g/mol. The number of ether oxygens (including phenoxy) is 1. The lowest BCUT2D eigenvalue weighted by atomic mass is 10.2. The van der Waals surface area contributed by atoms with E-state index in [-0.39, 0.29) is 5.91 Å². The van der Waals surface area contributed by atoms with Crippen LogP contribution in [0.15, 0.2) is 102 Å². The van der Waals surface area contributed by atoms with E-state index in [1.54, 1.807) is 23.2 Å². The molecule has 5 rings (SSSR count). The maximum atomic E-state index is 13.7. The minimum Gasteiger partial charge on any atom is -0.457 e. The standard InChI is InChI=1S/C26H18BrN3O2S/c27-19-12-13-23-24(16-19)33-26(29-23)30(17-20-8-4-5-14-28-20)25(31)18-7-6-11-22(15-18)32-21-9-2-1-3-10-21/h1-16H,17H2. The number of anilines is 1. The molecule has 0 bridgehead atoms. The molecule has 7 heteroatoms. The Balaban J connectivity index is 1.50. The smallest absolute Gasteiger partial charge is 0.260 e. The summed E-state index contributed by atoms with van der Waals surface area (Å²) in [7, 11) is 0. The van der Waals surface area contributed by atoms with Crippen molar-refractivity contribution < 1.29 is 9.53 Å². The second-order valence-corrected chi connectivity index (χ2v) is 9.19. The second kappa shape index (κ2) is 9.52. The van der Waals surface area contributed by atoms with Gasteiger partial charge in [-0.25, -0.2) is 4.98 Å². The van der Waals surface area contributed by atoms with Gasteiger partial charge < -0.3 is 4.74 Å². The maximum absolute atomic E-state index is 13.7. The molecule has 2 heterocycles. The number of thiazole rings is 1. The fraction of sp³-hybridized carbons (Fsp3) is 0.0385. The first-order valence-electron chi connectivity index (χ1n) is 10.3. The van der Waals surface area contributed by atoms with Crippen LogP contribution >= 0.6 is 27.3 Å². The van der Waals surface area contributed by atoms with Crippen molar-refractivity contribution in [1.29, 1.82) is 0 Å². The van der Waals surface area contributed by atoms with Crippen molar-refractivity contribution in [3.8, 4) is 11.5 Å². The molecule has 0 aliphatic rings. The van der Waals surface area contributed by atoms with E-state index in [0.717, 1.165) is 20.4 Å². The van der Waals surface area contributed by atoms with Crippen LogP contribution in [0, 0.1) is 0 Å². The Morgan fingerprint density at radius 1 is 0.909 bits per heavy atom. The van der Waals surface area contributed by atoms with Gasteiger partial charge in [0, 0.05) is 16.2 Å². The number of halogens is 1. The monoisotopic (exact) mass is 515 g/mol. The van der Waals surface area contributed by atoms with Crippen molar-refractivity contribution >= 4 is 48.5 Å². The molecule has 0 N–H and O–H groups in total. The number of rotatable bonds is 6. The summed E-state index contributed by atoms with van der Waals surface area (Å²) in [6.45, 7) is 0.310. The molecular weight excluding hydrogens is 498 g/mol. The molecule has 33 heavy (non-hydrogen) atoms. The quantitative estimate of drug-likeness (QED) is 0.242. The minimum atomic E-state index is -0.169. The van der Waals surface area contributed by atoms with Crippen molar-refractivity contribution in [3.05, 3.63) is 113 Å². The number of aromatic nitrogens is 2. The minimum absolute atomic E-state index is 0.169. The highest BCUT2D eigenvalue weighted by Crippen LogP contribution is 2.33. The largest absolute Gasteiger partial charge is 0.457 e. The lowest BCUT2D eigenvalue weighted by Crippen LogP contribution is -2.30. The molecule has 0 saturated heterocycles. The van der Waals surface area contributed by atoms with Crippen LogP contribution in [0.25, 0.3) is 10.2 Å². The maximum Gasteiger partial charge on any atom is 0.260 e. The molecule has 0 fully saturated rings. The molecule has 3 aromatic carbocycles. The predicted octanol–water partition coefficient (Wildman–Crippen LogP) is 7.09. The summed E-state index contributed by atoms with van der Waals surface area (Å²) < 4.78 is 7.90. The summed E-state index contributed by atoms with van der Waals surface area (Å²) >= 11 is 4.98. The van der Waals surface area contributed by atoms with E-state index in [1.807, 2.05) is 78.9 Å². The number of amides is 1. The fourth-order valence-electron chi connectivity index (χ4n) is 3.35. The molecule has 0 unspecified atom stereocenters. The Morgan fingerprint density at radius 2 is 1.73 bits per heavy atom. The van der Waals surface area contributed by atoms with E-state index in [2.05, 4.69) is 20.9 Å². The summed E-state index contributed by atoms with van der Waals surface area (Å²) in [5.41, 5.74) is 2.14. The Labute approximate surface area is 203 Å². The molecule has 0 radical (unpaired) electrons. The molecule has 0 spiro atoms. The molecule has 2 aromatic heterocycles. The number of carbonyl (C=O) groups excluding carboxylic acids is 1. The van der Waals surface area contributed by atoms with Crippen LogP contribution in [0.1, 0.15) is 16.1 Å². The van der Waals surface area contributed by atoms with Gasteiger partial charge >= 0.3 is 0 Å². The predicted molar refractivity (Wildman–Crippen MR) is 135 cm³/mol.